The van der Waals surface area contributed by atoms with E-state index in [1.54, 1.807) is 0 Å². The molecule has 1 heterocycles. The van der Waals surface area contributed by atoms with Crippen LogP contribution in [0.5, 0.6) is 0 Å². The van der Waals surface area contributed by atoms with Gasteiger partial charge in [-0.1, -0.05) is 0 Å². The average Bonchev–Trinajstić information content (AvgIpc) is 2.54. The first kappa shape index (κ1) is 23.1. The number of Topliss-reactive ketones (excluding diaryl/α,β-unsaturated/α-hetero) is 5. The van der Waals surface area contributed by atoms with Crippen LogP contribution in [0.25, 0.3) is 0 Å². The van der Waals surface area contributed by atoms with Crippen molar-refractivity contribution in [2.45, 2.75) is 69.4 Å². The molecule has 0 aliphatic carbocycles. The Labute approximate surface area is 153 Å². The molecule has 0 aromatic rings. The summed E-state index contributed by atoms with van der Waals surface area (Å²) in [6.45, 7) is 3.15. The smallest absolute Gasteiger partial charge is 0.267 e. The largest absolute Gasteiger partial charge is 0.382 e. The first-order chi connectivity index (χ1) is 12.0. The molecule has 0 aromatic carbocycles. The Morgan fingerprint density at radius 3 is 1.41 bits per heavy atom. The van der Waals surface area contributed by atoms with Gasteiger partial charge >= 0.3 is 0 Å². The Bertz CT molecular complexity index is 730. The number of hydrogen-bond donors (Lipinski definition) is 5. The number of carbonyl (C=O) groups excluding carboxylic acids is 5. The lowest BCUT2D eigenvalue weighted by molar-refractivity contribution is -0.394. The van der Waals surface area contributed by atoms with E-state index in [0.29, 0.717) is 27.7 Å². The summed E-state index contributed by atoms with van der Waals surface area (Å²) in [7, 11) is 0. The standard InChI is InChI=1S/C16H22O11/c1-6(17)11(22)12-13(23,7(2)18)14(24,8(3)19)15(25,9(4)20)16(26,27-12)10(5)21/h11-12,22-26H,1-5H3/t11?,12-,13-,14+,15-,16?/m1/s1. The number of aliphatic hydroxyl groups excluding tert-OH is 1. The number of rotatable bonds is 6. The van der Waals surface area contributed by atoms with Crippen molar-refractivity contribution in [1.29, 1.82) is 0 Å². The molecule has 0 amide bonds. The van der Waals surface area contributed by atoms with Crippen LogP contribution in [-0.4, -0.2) is 89.2 Å². The molecule has 1 aliphatic heterocycles. The second-order valence-electron chi connectivity index (χ2n) is 6.65. The highest BCUT2D eigenvalue weighted by molar-refractivity contribution is 6.09. The number of carbonyl (C=O) groups is 5. The number of hydrogen-bond acceptors (Lipinski definition) is 11. The third-order valence-electron chi connectivity index (χ3n) is 5.01. The molecule has 152 valence electrons. The van der Waals surface area contributed by atoms with Crippen molar-refractivity contribution in [2.75, 3.05) is 0 Å². The molecule has 0 aromatic heterocycles. The maximum Gasteiger partial charge on any atom is 0.267 e. The third-order valence-corrected chi connectivity index (χ3v) is 5.01. The van der Waals surface area contributed by atoms with Crippen LogP contribution in [0.15, 0.2) is 0 Å². The normalized spacial score (nSPS) is 40.1. The molecule has 1 aliphatic rings. The van der Waals surface area contributed by atoms with Gasteiger partial charge in [0.2, 0.25) is 11.2 Å². The quantitative estimate of drug-likeness (QED) is 0.303. The summed E-state index contributed by atoms with van der Waals surface area (Å²) in [5.41, 5.74) is -11.3. The zero-order valence-corrected chi connectivity index (χ0v) is 15.3. The molecule has 0 bridgehead atoms. The van der Waals surface area contributed by atoms with Gasteiger partial charge in [0.15, 0.2) is 34.5 Å². The lowest BCUT2D eigenvalue weighted by Gasteiger charge is -2.60. The van der Waals surface area contributed by atoms with Crippen LogP contribution in [0.3, 0.4) is 0 Å². The molecular weight excluding hydrogens is 368 g/mol. The predicted molar refractivity (Wildman–Crippen MR) is 84.1 cm³/mol. The van der Waals surface area contributed by atoms with Crippen molar-refractivity contribution in [1.82, 2.24) is 0 Å². The summed E-state index contributed by atoms with van der Waals surface area (Å²) in [5.74, 6) is -11.0. The van der Waals surface area contributed by atoms with Gasteiger partial charge in [0.05, 0.1) is 0 Å². The van der Waals surface area contributed by atoms with E-state index >= 15 is 0 Å². The van der Waals surface area contributed by atoms with Crippen LogP contribution in [0.2, 0.25) is 0 Å². The molecule has 0 radical (unpaired) electrons. The van der Waals surface area contributed by atoms with Crippen LogP contribution >= 0.6 is 0 Å². The molecule has 1 fully saturated rings. The Kier molecular flexibility index (Phi) is 5.67. The first-order valence-corrected chi connectivity index (χ1v) is 7.77. The van der Waals surface area contributed by atoms with Crippen molar-refractivity contribution < 1.29 is 54.2 Å². The van der Waals surface area contributed by atoms with Crippen LogP contribution in [0.4, 0.5) is 0 Å². The summed E-state index contributed by atoms with van der Waals surface area (Å²) in [5, 5.41) is 53.5. The molecule has 0 saturated carbocycles. The van der Waals surface area contributed by atoms with Crippen LogP contribution < -0.4 is 0 Å². The Morgan fingerprint density at radius 1 is 0.741 bits per heavy atom. The van der Waals surface area contributed by atoms with Gasteiger partial charge < -0.3 is 30.3 Å². The molecule has 6 atom stereocenters. The van der Waals surface area contributed by atoms with Crippen LogP contribution in [-0.2, 0) is 28.7 Å². The molecule has 11 nitrogen and oxygen atoms in total. The van der Waals surface area contributed by atoms with E-state index in [4.69, 9.17) is 4.74 Å². The minimum absolute atomic E-state index is 0.560. The van der Waals surface area contributed by atoms with Crippen molar-refractivity contribution in [3.63, 3.8) is 0 Å². The van der Waals surface area contributed by atoms with Gasteiger partial charge in [-0.25, -0.2) is 0 Å². The van der Waals surface area contributed by atoms with Crippen molar-refractivity contribution >= 4 is 28.9 Å². The molecule has 27 heavy (non-hydrogen) atoms. The minimum Gasteiger partial charge on any atom is -0.382 e. The molecule has 0 spiro atoms. The summed E-state index contributed by atoms with van der Waals surface area (Å²) in [6.07, 6.45) is -5.00. The van der Waals surface area contributed by atoms with Crippen LogP contribution in [0.1, 0.15) is 34.6 Å². The van der Waals surface area contributed by atoms with Crippen molar-refractivity contribution in [2.24, 2.45) is 0 Å². The predicted octanol–water partition coefficient (Wildman–Crippen LogP) is -3.43. The van der Waals surface area contributed by atoms with Gasteiger partial charge in [0.25, 0.3) is 5.79 Å². The highest BCUT2D eigenvalue weighted by Crippen LogP contribution is 2.51. The minimum atomic E-state index is -3.85. The van der Waals surface area contributed by atoms with Gasteiger partial charge in [0.1, 0.15) is 12.2 Å². The van der Waals surface area contributed by atoms with Gasteiger partial charge in [0, 0.05) is 6.92 Å². The Balaban J connectivity index is 4.15. The topological polar surface area (TPSA) is 196 Å². The number of aliphatic hydroxyl groups is 5. The SMILES string of the molecule is CC(=O)C(O)[C@H]1OC(O)(C(C)=O)[C@@](O)(C(C)=O)[C@](O)(C(C)=O)[C@@]1(O)C(C)=O. The molecule has 1 saturated heterocycles. The van der Waals surface area contributed by atoms with E-state index in [9.17, 15) is 49.5 Å². The monoisotopic (exact) mass is 390 g/mol. The van der Waals surface area contributed by atoms with Crippen molar-refractivity contribution in [3.8, 4) is 0 Å². The third kappa shape index (κ3) is 2.54. The molecule has 2 unspecified atom stereocenters. The van der Waals surface area contributed by atoms with E-state index in [1.165, 1.54) is 0 Å². The highest BCUT2D eigenvalue weighted by Gasteiger charge is 2.84. The second kappa shape index (κ2) is 6.62. The fourth-order valence-electron chi connectivity index (χ4n) is 3.40. The van der Waals surface area contributed by atoms with Gasteiger partial charge in [-0.3, -0.25) is 24.0 Å². The molecule has 5 N–H and O–H groups in total. The van der Waals surface area contributed by atoms with Gasteiger partial charge in [-0.15, -0.1) is 0 Å². The van der Waals surface area contributed by atoms with Crippen LogP contribution in [0, 0.1) is 0 Å². The average molecular weight is 390 g/mol. The van der Waals surface area contributed by atoms with E-state index in [1.807, 2.05) is 0 Å². The summed E-state index contributed by atoms with van der Waals surface area (Å²) in [4.78, 5) is 60.3. The second-order valence-corrected chi connectivity index (χ2v) is 6.65. The lowest BCUT2D eigenvalue weighted by atomic mass is 9.57. The maximum atomic E-state index is 12.3. The van der Waals surface area contributed by atoms with E-state index in [-0.39, 0.29) is 0 Å². The van der Waals surface area contributed by atoms with E-state index in [0.717, 1.165) is 6.92 Å². The highest BCUT2D eigenvalue weighted by atomic mass is 16.7. The lowest BCUT2D eigenvalue weighted by Crippen LogP contribution is -2.91. The summed E-state index contributed by atoms with van der Waals surface area (Å²) >= 11 is 0. The zero-order valence-electron chi connectivity index (χ0n) is 15.3. The fourth-order valence-corrected chi connectivity index (χ4v) is 3.40. The fraction of sp³-hybridized carbons (Fsp3) is 0.688. The Morgan fingerprint density at radius 2 is 1.15 bits per heavy atom. The zero-order chi connectivity index (χ0) is 21.7. The van der Waals surface area contributed by atoms with Gasteiger partial charge in [-0.2, -0.15) is 0 Å². The Hall–Kier alpha value is -1.89. The number of ketones is 5. The van der Waals surface area contributed by atoms with Gasteiger partial charge in [-0.05, 0) is 27.7 Å². The molecular formula is C16H22O11. The van der Waals surface area contributed by atoms with Crippen molar-refractivity contribution in [3.05, 3.63) is 0 Å². The van der Waals surface area contributed by atoms with E-state index < -0.39 is 63.7 Å². The number of ether oxygens (including phenoxy) is 1. The van der Waals surface area contributed by atoms with E-state index in [2.05, 4.69) is 0 Å². The maximum absolute atomic E-state index is 12.3. The molecule has 11 heteroatoms. The summed E-state index contributed by atoms with van der Waals surface area (Å²) < 4.78 is 4.84. The first-order valence-electron chi connectivity index (χ1n) is 7.77. The summed E-state index contributed by atoms with van der Waals surface area (Å²) in [6, 6.07) is 0. The molecule has 1 rings (SSSR count).